The molecule has 1 aromatic rings. The Balaban J connectivity index is 2.07. The Hall–Kier alpha value is -2.04. The molecule has 0 aromatic heterocycles. The lowest BCUT2D eigenvalue weighted by Gasteiger charge is -2.23. The number of hydrogen-bond donors (Lipinski definition) is 1. The van der Waals surface area contributed by atoms with E-state index in [9.17, 15) is 14.7 Å². The van der Waals surface area contributed by atoms with E-state index >= 15 is 0 Å². The fourth-order valence-corrected chi connectivity index (χ4v) is 3.19. The smallest absolute Gasteiger partial charge is 0.308 e. The second kappa shape index (κ2) is 7.49. The Bertz CT molecular complexity index is 556. The fourth-order valence-electron chi connectivity index (χ4n) is 3.19. The predicted molar refractivity (Wildman–Crippen MR) is 90.8 cm³/mol. The van der Waals surface area contributed by atoms with Gasteiger partial charge in [0.2, 0.25) is 0 Å². The molecule has 126 valence electrons. The van der Waals surface area contributed by atoms with E-state index in [0.717, 1.165) is 25.2 Å². The highest BCUT2D eigenvalue weighted by atomic mass is 16.4. The van der Waals surface area contributed by atoms with Gasteiger partial charge >= 0.3 is 5.97 Å². The molecule has 1 saturated heterocycles. The van der Waals surface area contributed by atoms with Crippen LogP contribution < -0.4 is 4.90 Å². The Morgan fingerprint density at radius 2 is 1.87 bits per heavy atom. The summed E-state index contributed by atoms with van der Waals surface area (Å²) in [5.41, 5.74) is 1.74. The fraction of sp³-hybridized carbons (Fsp3) is 0.556. The van der Waals surface area contributed by atoms with Crippen LogP contribution in [-0.2, 0) is 4.79 Å². The average Bonchev–Trinajstić information content (AvgIpc) is 2.94. The molecule has 0 spiro atoms. The summed E-state index contributed by atoms with van der Waals surface area (Å²) in [6.45, 7) is 8.89. The summed E-state index contributed by atoms with van der Waals surface area (Å²) in [5, 5.41) is 9.19. The van der Waals surface area contributed by atoms with Crippen LogP contribution in [0.2, 0.25) is 0 Å². The van der Waals surface area contributed by atoms with Crippen molar-refractivity contribution in [2.45, 2.75) is 27.2 Å². The molecule has 1 aliphatic rings. The van der Waals surface area contributed by atoms with Gasteiger partial charge in [-0.2, -0.15) is 0 Å². The van der Waals surface area contributed by atoms with Gasteiger partial charge in [0.1, 0.15) is 0 Å². The zero-order valence-corrected chi connectivity index (χ0v) is 14.2. The molecule has 1 amide bonds. The van der Waals surface area contributed by atoms with Crippen molar-refractivity contribution < 1.29 is 14.7 Å². The van der Waals surface area contributed by atoms with Crippen LogP contribution in [0.25, 0.3) is 0 Å². The third kappa shape index (κ3) is 3.84. The van der Waals surface area contributed by atoms with E-state index in [1.165, 1.54) is 0 Å². The zero-order chi connectivity index (χ0) is 17.0. The van der Waals surface area contributed by atoms with Crippen molar-refractivity contribution in [3.05, 3.63) is 29.8 Å². The van der Waals surface area contributed by atoms with Crippen LogP contribution in [0.5, 0.6) is 0 Å². The molecule has 1 N–H and O–H groups in total. The Labute approximate surface area is 137 Å². The number of carbonyl (C=O) groups is 2. The number of carboxylic acid groups (broad SMARTS) is 1. The van der Waals surface area contributed by atoms with Gasteiger partial charge in [-0.05, 0) is 43.5 Å². The number of rotatable bonds is 6. The third-order valence-corrected chi connectivity index (χ3v) is 4.57. The summed E-state index contributed by atoms with van der Waals surface area (Å²) in [6, 6.07) is 7.63. The number of aliphatic carboxylic acids is 1. The normalized spacial score (nSPS) is 20.6. The summed E-state index contributed by atoms with van der Waals surface area (Å²) in [6.07, 6.45) is 1.08. The number of benzene rings is 1. The summed E-state index contributed by atoms with van der Waals surface area (Å²) in [4.78, 5) is 27.7. The molecule has 0 bridgehead atoms. The van der Waals surface area contributed by atoms with Crippen LogP contribution in [0, 0.1) is 11.8 Å². The van der Waals surface area contributed by atoms with Crippen LogP contribution in [0.4, 0.5) is 5.69 Å². The number of amides is 1. The van der Waals surface area contributed by atoms with E-state index in [4.69, 9.17) is 0 Å². The van der Waals surface area contributed by atoms with E-state index < -0.39 is 11.9 Å². The lowest BCUT2D eigenvalue weighted by atomic mass is 9.99. The van der Waals surface area contributed by atoms with Crippen molar-refractivity contribution in [2.24, 2.45) is 11.8 Å². The third-order valence-electron chi connectivity index (χ3n) is 4.57. The first-order valence-electron chi connectivity index (χ1n) is 8.35. The highest BCUT2D eigenvalue weighted by molar-refractivity contribution is 5.95. The SMILES string of the molecule is CCCN(CC)c1ccc(C(=O)N2C[C@@H](C)[C@H](C(=O)O)C2)cc1. The summed E-state index contributed by atoms with van der Waals surface area (Å²) < 4.78 is 0. The quantitative estimate of drug-likeness (QED) is 0.876. The average molecular weight is 318 g/mol. The molecule has 0 radical (unpaired) electrons. The largest absolute Gasteiger partial charge is 0.481 e. The minimum absolute atomic E-state index is 0.00383. The van der Waals surface area contributed by atoms with Crippen molar-refractivity contribution >= 4 is 17.6 Å². The van der Waals surface area contributed by atoms with Gasteiger partial charge in [0.05, 0.1) is 5.92 Å². The van der Waals surface area contributed by atoms with Crippen molar-refractivity contribution in [2.75, 3.05) is 31.1 Å². The molecule has 1 aliphatic heterocycles. The lowest BCUT2D eigenvalue weighted by molar-refractivity contribution is -0.142. The molecule has 2 atom stereocenters. The van der Waals surface area contributed by atoms with E-state index in [-0.39, 0.29) is 11.8 Å². The van der Waals surface area contributed by atoms with Gasteiger partial charge in [-0.1, -0.05) is 13.8 Å². The van der Waals surface area contributed by atoms with Crippen molar-refractivity contribution in [1.82, 2.24) is 4.90 Å². The first-order valence-corrected chi connectivity index (χ1v) is 8.35. The molecule has 1 fully saturated rings. The maximum atomic E-state index is 12.6. The molecule has 5 nitrogen and oxygen atoms in total. The lowest BCUT2D eigenvalue weighted by Crippen LogP contribution is -2.30. The van der Waals surface area contributed by atoms with Crippen LogP contribution in [0.3, 0.4) is 0 Å². The number of likely N-dealkylation sites (tertiary alicyclic amines) is 1. The maximum Gasteiger partial charge on any atom is 0.308 e. The van der Waals surface area contributed by atoms with E-state index in [1.807, 2.05) is 31.2 Å². The Morgan fingerprint density at radius 3 is 2.35 bits per heavy atom. The molecule has 1 aromatic carbocycles. The first kappa shape index (κ1) is 17.3. The maximum absolute atomic E-state index is 12.6. The monoisotopic (exact) mass is 318 g/mol. The summed E-state index contributed by atoms with van der Waals surface area (Å²) in [7, 11) is 0. The molecular formula is C18H26N2O3. The molecule has 23 heavy (non-hydrogen) atoms. The summed E-state index contributed by atoms with van der Waals surface area (Å²) in [5.74, 6) is -1.36. The standard InChI is InChI=1S/C18H26N2O3/c1-4-10-19(5-2)15-8-6-14(7-9-15)17(21)20-11-13(3)16(12-20)18(22)23/h6-9,13,16H,4-5,10-12H2,1-3H3,(H,22,23)/t13-,16-/m1/s1. The van der Waals surface area contributed by atoms with Crippen molar-refractivity contribution in [3.63, 3.8) is 0 Å². The number of carboxylic acids is 1. The van der Waals surface area contributed by atoms with Crippen LogP contribution in [0.15, 0.2) is 24.3 Å². The molecule has 1 heterocycles. The molecule has 0 unspecified atom stereocenters. The molecule has 5 heteroatoms. The first-order chi connectivity index (χ1) is 11.0. The molecule has 0 aliphatic carbocycles. The number of hydrogen-bond acceptors (Lipinski definition) is 3. The van der Waals surface area contributed by atoms with Crippen molar-refractivity contribution in [1.29, 1.82) is 0 Å². The van der Waals surface area contributed by atoms with E-state index in [1.54, 1.807) is 4.90 Å². The van der Waals surface area contributed by atoms with Gasteiger partial charge < -0.3 is 14.9 Å². The number of nitrogens with zero attached hydrogens (tertiary/aromatic N) is 2. The predicted octanol–water partition coefficient (Wildman–Crippen LogP) is 2.72. The highest BCUT2D eigenvalue weighted by Crippen LogP contribution is 2.25. The zero-order valence-electron chi connectivity index (χ0n) is 14.2. The topological polar surface area (TPSA) is 60.9 Å². The van der Waals surface area contributed by atoms with Crippen molar-refractivity contribution in [3.8, 4) is 0 Å². The summed E-state index contributed by atoms with van der Waals surface area (Å²) >= 11 is 0. The van der Waals surface area contributed by atoms with Gasteiger partial charge in [0, 0.05) is 37.4 Å². The second-order valence-corrected chi connectivity index (χ2v) is 6.26. The molecule has 0 saturated carbocycles. The van der Waals surface area contributed by atoms with E-state index in [2.05, 4.69) is 18.7 Å². The second-order valence-electron chi connectivity index (χ2n) is 6.26. The van der Waals surface area contributed by atoms with Gasteiger partial charge in [-0.15, -0.1) is 0 Å². The van der Waals surface area contributed by atoms with Gasteiger partial charge in [0.15, 0.2) is 0 Å². The van der Waals surface area contributed by atoms with Crippen LogP contribution in [-0.4, -0.2) is 48.1 Å². The Kier molecular flexibility index (Phi) is 5.64. The van der Waals surface area contributed by atoms with Crippen LogP contribution >= 0.6 is 0 Å². The Morgan fingerprint density at radius 1 is 1.22 bits per heavy atom. The van der Waals surface area contributed by atoms with Gasteiger partial charge in [-0.3, -0.25) is 9.59 Å². The minimum Gasteiger partial charge on any atom is -0.481 e. The van der Waals surface area contributed by atoms with Crippen LogP contribution in [0.1, 0.15) is 37.6 Å². The highest BCUT2D eigenvalue weighted by Gasteiger charge is 2.37. The van der Waals surface area contributed by atoms with E-state index in [0.29, 0.717) is 18.7 Å². The minimum atomic E-state index is -0.818. The molecule has 2 rings (SSSR count). The number of anilines is 1. The van der Waals surface area contributed by atoms with Gasteiger partial charge in [0.25, 0.3) is 5.91 Å². The number of carbonyl (C=O) groups excluding carboxylic acids is 1. The molecular weight excluding hydrogens is 292 g/mol. The van der Waals surface area contributed by atoms with Gasteiger partial charge in [-0.25, -0.2) is 0 Å².